The molecule has 0 spiro atoms. The molecule has 0 heterocycles. The molecule has 0 aromatic heterocycles. The Kier molecular flexibility index (Phi) is 8.42. The summed E-state index contributed by atoms with van der Waals surface area (Å²) in [5, 5.41) is 2.83. The average Bonchev–Trinajstić information content (AvgIpc) is 2.47. The first-order valence-corrected chi connectivity index (χ1v) is 7.02. The van der Waals surface area contributed by atoms with E-state index in [0.29, 0.717) is 37.7 Å². The summed E-state index contributed by atoms with van der Waals surface area (Å²) in [5.74, 6) is -0.0820. The monoisotopic (exact) mass is 295 g/mol. The molecule has 6 nitrogen and oxygen atoms in total. The Morgan fingerprint density at radius 1 is 1.19 bits per heavy atom. The minimum Gasteiger partial charge on any atom is -0.397 e. The van der Waals surface area contributed by atoms with Crippen molar-refractivity contribution in [1.29, 1.82) is 0 Å². The average molecular weight is 295 g/mol. The van der Waals surface area contributed by atoms with Crippen LogP contribution in [0.1, 0.15) is 6.42 Å². The van der Waals surface area contributed by atoms with Gasteiger partial charge >= 0.3 is 0 Å². The number of nitrogen functional groups attached to an aromatic ring is 1. The van der Waals surface area contributed by atoms with Gasteiger partial charge < -0.3 is 20.5 Å². The van der Waals surface area contributed by atoms with E-state index in [-0.39, 0.29) is 5.91 Å². The summed E-state index contributed by atoms with van der Waals surface area (Å²) in [4.78, 5) is 14.1. The number of nitrogens with zero attached hydrogens (tertiary/aromatic N) is 1. The van der Waals surface area contributed by atoms with Crippen molar-refractivity contribution >= 4 is 17.3 Å². The van der Waals surface area contributed by atoms with E-state index in [1.165, 1.54) is 0 Å². The SMILES string of the molecule is COCCCN(CCOC)CC(=O)Nc1ccccc1N. The summed E-state index contributed by atoms with van der Waals surface area (Å²) >= 11 is 0. The fraction of sp³-hybridized carbons (Fsp3) is 0.533. The van der Waals surface area contributed by atoms with Crippen molar-refractivity contribution in [1.82, 2.24) is 4.90 Å². The van der Waals surface area contributed by atoms with E-state index in [1.54, 1.807) is 26.4 Å². The molecule has 0 fully saturated rings. The second kappa shape index (κ2) is 10.1. The van der Waals surface area contributed by atoms with Gasteiger partial charge in [-0.15, -0.1) is 0 Å². The molecular weight excluding hydrogens is 270 g/mol. The van der Waals surface area contributed by atoms with Gasteiger partial charge in [0.1, 0.15) is 0 Å². The van der Waals surface area contributed by atoms with Crippen LogP contribution in [0.25, 0.3) is 0 Å². The molecule has 1 aromatic rings. The van der Waals surface area contributed by atoms with Gasteiger partial charge in [0.05, 0.1) is 24.5 Å². The lowest BCUT2D eigenvalue weighted by atomic mass is 10.2. The van der Waals surface area contributed by atoms with Crippen LogP contribution in [0.15, 0.2) is 24.3 Å². The zero-order valence-electron chi connectivity index (χ0n) is 12.8. The van der Waals surface area contributed by atoms with E-state index in [9.17, 15) is 4.79 Å². The van der Waals surface area contributed by atoms with Gasteiger partial charge in [-0.2, -0.15) is 0 Å². The van der Waals surface area contributed by atoms with Crippen LogP contribution >= 0.6 is 0 Å². The molecule has 0 aliphatic heterocycles. The van der Waals surface area contributed by atoms with Crippen molar-refractivity contribution in [3.05, 3.63) is 24.3 Å². The van der Waals surface area contributed by atoms with Crippen molar-refractivity contribution < 1.29 is 14.3 Å². The summed E-state index contributed by atoms with van der Waals surface area (Å²) < 4.78 is 10.1. The zero-order valence-corrected chi connectivity index (χ0v) is 12.8. The van der Waals surface area contributed by atoms with Crippen LogP contribution in [0, 0.1) is 0 Å². The van der Waals surface area contributed by atoms with E-state index in [4.69, 9.17) is 15.2 Å². The van der Waals surface area contributed by atoms with Crippen LogP contribution in [0.3, 0.4) is 0 Å². The van der Waals surface area contributed by atoms with Crippen molar-refractivity contribution in [3.63, 3.8) is 0 Å². The number of nitrogens with two attached hydrogens (primary N) is 1. The summed E-state index contributed by atoms with van der Waals surface area (Å²) in [6, 6.07) is 7.22. The maximum absolute atomic E-state index is 12.1. The van der Waals surface area contributed by atoms with Gasteiger partial charge in [-0.25, -0.2) is 0 Å². The van der Waals surface area contributed by atoms with Gasteiger partial charge in [-0.3, -0.25) is 9.69 Å². The quantitative estimate of drug-likeness (QED) is 0.501. The van der Waals surface area contributed by atoms with E-state index >= 15 is 0 Å². The second-order valence-corrected chi connectivity index (χ2v) is 4.75. The molecule has 0 bridgehead atoms. The Labute approximate surface area is 126 Å². The first-order chi connectivity index (χ1) is 10.2. The number of hydrogen-bond acceptors (Lipinski definition) is 5. The summed E-state index contributed by atoms with van der Waals surface area (Å²) in [6.07, 6.45) is 0.876. The maximum atomic E-state index is 12.1. The van der Waals surface area contributed by atoms with Crippen LogP contribution in [-0.2, 0) is 14.3 Å². The molecule has 6 heteroatoms. The second-order valence-electron chi connectivity index (χ2n) is 4.75. The molecular formula is C15H25N3O3. The molecule has 1 rings (SSSR count). The van der Waals surface area contributed by atoms with Crippen molar-refractivity contribution in [3.8, 4) is 0 Å². The summed E-state index contributed by atoms with van der Waals surface area (Å²) in [6.45, 7) is 3.07. The number of benzene rings is 1. The Bertz CT molecular complexity index is 426. The maximum Gasteiger partial charge on any atom is 0.238 e. The zero-order chi connectivity index (χ0) is 15.5. The number of methoxy groups -OCH3 is 2. The molecule has 0 unspecified atom stereocenters. The molecule has 0 aliphatic rings. The van der Waals surface area contributed by atoms with E-state index in [0.717, 1.165) is 13.0 Å². The van der Waals surface area contributed by atoms with Gasteiger partial charge in [0.2, 0.25) is 5.91 Å². The lowest BCUT2D eigenvalue weighted by Crippen LogP contribution is -2.36. The van der Waals surface area contributed by atoms with Gasteiger partial charge in [0, 0.05) is 33.9 Å². The smallest absolute Gasteiger partial charge is 0.238 e. The normalized spacial score (nSPS) is 10.8. The predicted octanol–water partition coefficient (Wildman–Crippen LogP) is 1.19. The fourth-order valence-electron chi connectivity index (χ4n) is 1.93. The third-order valence-electron chi connectivity index (χ3n) is 3.04. The van der Waals surface area contributed by atoms with Gasteiger partial charge in [0.15, 0.2) is 0 Å². The number of para-hydroxylation sites is 2. The number of nitrogens with one attached hydrogen (secondary N) is 1. The number of anilines is 2. The van der Waals surface area contributed by atoms with Crippen LogP contribution in [0.2, 0.25) is 0 Å². The lowest BCUT2D eigenvalue weighted by molar-refractivity contribution is -0.117. The summed E-state index contributed by atoms with van der Waals surface area (Å²) in [5.41, 5.74) is 7.02. The highest BCUT2D eigenvalue weighted by molar-refractivity contribution is 5.95. The number of ether oxygens (including phenoxy) is 2. The largest absolute Gasteiger partial charge is 0.397 e. The van der Waals surface area contributed by atoms with E-state index in [1.807, 2.05) is 17.0 Å². The lowest BCUT2D eigenvalue weighted by Gasteiger charge is -2.21. The number of amides is 1. The Balaban J connectivity index is 2.48. The molecule has 0 radical (unpaired) electrons. The van der Waals surface area contributed by atoms with Crippen LogP contribution in [0.4, 0.5) is 11.4 Å². The highest BCUT2D eigenvalue weighted by atomic mass is 16.5. The Morgan fingerprint density at radius 2 is 1.90 bits per heavy atom. The molecule has 1 aromatic carbocycles. The molecule has 0 aliphatic carbocycles. The Morgan fingerprint density at radius 3 is 2.57 bits per heavy atom. The molecule has 0 saturated carbocycles. The highest BCUT2D eigenvalue weighted by Crippen LogP contribution is 2.16. The number of rotatable bonds is 10. The molecule has 0 saturated heterocycles. The minimum absolute atomic E-state index is 0.0820. The van der Waals surface area contributed by atoms with Crippen LogP contribution in [0.5, 0.6) is 0 Å². The van der Waals surface area contributed by atoms with E-state index in [2.05, 4.69) is 5.32 Å². The molecule has 1 amide bonds. The highest BCUT2D eigenvalue weighted by Gasteiger charge is 2.11. The van der Waals surface area contributed by atoms with Crippen molar-refractivity contribution in [2.75, 3.05) is 58.1 Å². The fourth-order valence-corrected chi connectivity index (χ4v) is 1.93. The first-order valence-electron chi connectivity index (χ1n) is 7.02. The molecule has 118 valence electrons. The number of hydrogen-bond donors (Lipinski definition) is 2. The topological polar surface area (TPSA) is 76.8 Å². The third-order valence-corrected chi connectivity index (χ3v) is 3.04. The predicted molar refractivity (Wildman–Crippen MR) is 84.3 cm³/mol. The third kappa shape index (κ3) is 7.08. The van der Waals surface area contributed by atoms with Crippen LogP contribution in [-0.4, -0.2) is 57.9 Å². The molecule has 0 atom stereocenters. The number of carbonyl (C=O) groups is 1. The van der Waals surface area contributed by atoms with Gasteiger partial charge in [0.25, 0.3) is 0 Å². The minimum atomic E-state index is -0.0820. The summed E-state index contributed by atoms with van der Waals surface area (Å²) in [7, 11) is 3.32. The first kappa shape index (κ1) is 17.4. The van der Waals surface area contributed by atoms with E-state index < -0.39 is 0 Å². The van der Waals surface area contributed by atoms with Crippen LogP contribution < -0.4 is 11.1 Å². The van der Waals surface area contributed by atoms with Gasteiger partial charge in [-0.1, -0.05) is 12.1 Å². The molecule has 3 N–H and O–H groups in total. The standard InChI is InChI=1S/C15H25N3O3/c1-20-10-5-8-18(9-11-21-2)12-15(19)17-14-7-4-3-6-13(14)16/h3-4,6-7H,5,8-12,16H2,1-2H3,(H,17,19). The Hall–Kier alpha value is -1.63. The number of carbonyl (C=O) groups excluding carboxylic acids is 1. The van der Waals surface area contributed by atoms with Gasteiger partial charge in [-0.05, 0) is 18.6 Å². The molecule has 21 heavy (non-hydrogen) atoms. The van der Waals surface area contributed by atoms with Crippen molar-refractivity contribution in [2.45, 2.75) is 6.42 Å². The van der Waals surface area contributed by atoms with Crippen molar-refractivity contribution in [2.24, 2.45) is 0 Å².